The highest BCUT2D eigenvalue weighted by Gasteiger charge is 2.83. The molecular formula is C16H23F9N2O3S. The second-order valence-electron chi connectivity index (χ2n) is 6.57. The second-order valence-corrected chi connectivity index (χ2v) is 7.99. The smallest absolute Gasteiger partial charge is 0.460 e. The van der Waals surface area contributed by atoms with Gasteiger partial charge in [0, 0.05) is 0 Å². The van der Waals surface area contributed by atoms with Crippen LogP contribution in [0.15, 0.2) is 18.7 Å². The molecule has 0 saturated carbocycles. The lowest BCUT2D eigenvalue weighted by atomic mass is 10.1. The fourth-order valence-electron chi connectivity index (χ4n) is 2.11. The summed E-state index contributed by atoms with van der Waals surface area (Å²) in [7, 11) is -7.42. The summed E-state index contributed by atoms with van der Waals surface area (Å²) in [6, 6.07) is 0. The summed E-state index contributed by atoms with van der Waals surface area (Å²) in [5.74, 6) is -14.8. The fourth-order valence-corrected chi connectivity index (χ4v) is 2.55. The monoisotopic (exact) mass is 494 g/mol. The lowest BCUT2D eigenvalue weighted by molar-refractivity contribution is -0.696. The van der Waals surface area contributed by atoms with Gasteiger partial charge in [-0.15, -0.1) is 0 Å². The van der Waals surface area contributed by atoms with E-state index < -0.39 is 33.4 Å². The first kappa shape index (κ1) is 29.5. The van der Waals surface area contributed by atoms with Crippen molar-refractivity contribution >= 4 is 10.1 Å². The van der Waals surface area contributed by atoms with Crippen LogP contribution in [0.2, 0.25) is 0 Å². The molecule has 0 aliphatic heterocycles. The topological polar surface area (TPSA) is 66.0 Å². The first-order valence-corrected chi connectivity index (χ1v) is 10.5. The highest BCUT2D eigenvalue weighted by atomic mass is 32.2. The Kier molecular flexibility index (Phi) is 10.3. The average molecular weight is 494 g/mol. The van der Waals surface area contributed by atoms with Gasteiger partial charge in [-0.3, -0.25) is 0 Å². The quantitative estimate of drug-likeness (QED) is 0.205. The van der Waals surface area contributed by atoms with Crippen molar-refractivity contribution in [2.75, 3.05) is 0 Å². The van der Waals surface area contributed by atoms with E-state index in [-0.39, 0.29) is 0 Å². The van der Waals surface area contributed by atoms with Gasteiger partial charge in [0.15, 0.2) is 10.1 Å². The van der Waals surface area contributed by atoms with Gasteiger partial charge in [-0.2, -0.15) is 39.5 Å². The van der Waals surface area contributed by atoms with Crippen molar-refractivity contribution in [3.63, 3.8) is 0 Å². The lowest BCUT2D eigenvalue weighted by Crippen LogP contribution is -2.63. The number of unbranched alkanes of at least 4 members (excludes halogenated alkanes) is 3. The SMILES string of the molecule is CCCCC[n+]1ccn(CCCC)c1.O=S(=O)([O-])C(F)(F)C(F)(F)C(F)(F)C(F)(F)F. The number of hydrogen-bond acceptors (Lipinski definition) is 3. The summed E-state index contributed by atoms with van der Waals surface area (Å²) in [5.41, 5.74) is 0. The summed E-state index contributed by atoms with van der Waals surface area (Å²) in [4.78, 5) is 0. The average Bonchev–Trinajstić information content (AvgIpc) is 3.06. The molecule has 1 rings (SSSR count). The molecule has 184 valence electrons. The van der Waals surface area contributed by atoms with Crippen LogP contribution in [0.4, 0.5) is 39.5 Å². The maximum atomic E-state index is 12.2. The molecule has 1 aromatic rings. The molecule has 0 aliphatic rings. The van der Waals surface area contributed by atoms with Crippen LogP contribution in [-0.2, 0) is 23.2 Å². The van der Waals surface area contributed by atoms with E-state index in [0.29, 0.717) is 0 Å². The van der Waals surface area contributed by atoms with E-state index in [9.17, 15) is 52.5 Å². The van der Waals surface area contributed by atoms with Gasteiger partial charge in [0.05, 0.1) is 13.1 Å². The molecule has 0 atom stereocenters. The minimum absolute atomic E-state index is 1.16. The van der Waals surface area contributed by atoms with Crippen molar-refractivity contribution in [2.24, 2.45) is 0 Å². The number of imidazole rings is 1. The Morgan fingerprint density at radius 3 is 1.81 bits per heavy atom. The fraction of sp³-hybridized carbons (Fsp3) is 0.812. The molecule has 0 saturated heterocycles. The molecule has 0 radical (unpaired) electrons. The molecule has 15 heteroatoms. The molecule has 0 aromatic carbocycles. The van der Waals surface area contributed by atoms with Gasteiger partial charge < -0.3 is 4.55 Å². The number of nitrogens with zero attached hydrogens (tertiary/aromatic N) is 2. The van der Waals surface area contributed by atoms with E-state index >= 15 is 0 Å². The standard InChI is InChI=1S/C12H23N2.C4HF9O3S/c1-3-5-7-9-14-11-10-13(12-14)8-6-4-2;5-1(6,3(9,10)11)2(7,8)4(12,13)17(14,15)16/h10-12H,3-9H2,1-2H3;(H,14,15,16)/q+1;/p-1. The first-order valence-electron chi connectivity index (χ1n) is 9.07. The minimum atomic E-state index is -7.43. The van der Waals surface area contributed by atoms with E-state index in [1.54, 1.807) is 0 Å². The largest absolute Gasteiger partial charge is 0.743 e. The summed E-state index contributed by atoms with van der Waals surface area (Å²) in [6.07, 6.45) is 5.93. The van der Waals surface area contributed by atoms with Gasteiger partial charge in [0.25, 0.3) is 0 Å². The predicted molar refractivity (Wildman–Crippen MR) is 89.7 cm³/mol. The Balaban J connectivity index is 0.000000590. The van der Waals surface area contributed by atoms with Gasteiger partial charge in [-0.05, 0) is 19.3 Å². The van der Waals surface area contributed by atoms with Crippen LogP contribution in [-0.4, -0.2) is 40.8 Å². The van der Waals surface area contributed by atoms with Crippen LogP contribution in [0.3, 0.4) is 0 Å². The molecule has 0 aliphatic carbocycles. The molecule has 0 N–H and O–H groups in total. The first-order chi connectivity index (χ1) is 13.9. The highest BCUT2D eigenvalue weighted by molar-refractivity contribution is 7.86. The van der Waals surface area contributed by atoms with E-state index in [2.05, 4.69) is 41.7 Å². The number of alkyl halides is 9. The molecule has 0 spiro atoms. The third-order valence-corrected chi connectivity index (χ3v) is 4.85. The Morgan fingerprint density at radius 1 is 0.871 bits per heavy atom. The van der Waals surface area contributed by atoms with Gasteiger partial charge >= 0.3 is 23.3 Å². The zero-order valence-electron chi connectivity index (χ0n) is 16.6. The summed E-state index contributed by atoms with van der Waals surface area (Å²) in [6.45, 7) is 6.82. The van der Waals surface area contributed by atoms with Crippen LogP contribution >= 0.6 is 0 Å². The molecule has 31 heavy (non-hydrogen) atoms. The Bertz CT molecular complexity index is 778. The molecule has 1 aromatic heterocycles. The van der Waals surface area contributed by atoms with Crippen LogP contribution in [0, 0.1) is 0 Å². The number of rotatable bonds is 10. The van der Waals surface area contributed by atoms with Crippen molar-refractivity contribution < 1.29 is 57.1 Å². The van der Waals surface area contributed by atoms with E-state index in [1.165, 1.54) is 38.6 Å². The molecule has 1 heterocycles. The molecule has 5 nitrogen and oxygen atoms in total. The maximum absolute atomic E-state index is 12.2. The van der Waals surface area contributed by atoms with Gasteiger partial charge in [0.2, 0.25) is 6.33 Å². The van der Waals surface area contributed by atoms with Crippen LogP contribution in [0.5, 0.6) is 0 Å². The van der Waals surface area contributed by atoms with E-state index in [1.807, 2.05) is 0 Å². The maximum Gasteiger partial charge on any atom is 0.460 e. The van der Waals surface area contributed by atoms with Crippen molar-refractivity contribution in [2.45, 2.75) is 82.3 Å². The van der Waals surface area contributed by atoms with Crippen LogP contribution < -0.4 is 4.57 Å². The second kappa shape index (κ2) is 10.9. The molecule has 0 amide bonds. The van der Waals surface area contributed by atoms with Gasteiger partial charge in [-0.25, -0.2) is 17.6 Å². The Labute approximate surface area is 173 Å². The minimum Gasteiger partial charge on any atom is -0.743 e. The number of aromatic nitrogens is 2. The zero-order chi connectivity index (χ0) is 24.7. The Morgan fingerprint density at radius 2 is 1.39 bits per heavy atom. The lowest BCUT2D eigenvalue weighted by Gasteiger charge is -2.34. The van der Waals surface area contributed by atoms with E-state index in [0.717, 1.165) is 6.54 Å². The zero-order valence-corrected chi connectivity index (χ0v) is 17.4. The van der Waals surface area contributed by atoms with Crippen molar-refractivity contribution in [3.8, 4) is 0 Å². The molecule has 0 fully saturated rings. The van der Waals surface area contributed by atoms with Crippen molar-refractivity contribution in [1.82, 2.24) is 4.57 Å². The van der Waals surface area contributed by atoms with Crippen molar-refractivity contribution in [1.29, 1.82) is 0 Å². The Hall–Kier alpha value is -1.51. The highest BCUT2D eigenvalue weighted by Crippen LogP contribution is 2.54. The van der Waals surface area contributed by atoms with Gasteiger partial charge in [-0.1, -0.05) is 26.7 Å². The number of halogens is 9. The van der Waals surface area contributed by atoms with Crippen LogP contribution in [0.25, 0.3) is 0 Å². The summed E-state index contributed by atoms with van der Waals surface area (Å²) in [5, 5.41) is -7.11. The number of hydrogen-bond donors (Lipinski definition) is 0. The molecule has 0 bridgehead atoms. The van der Waals surface area contributed by atoms with Crippen LogP contribution in [0.1, 0.15) is 46.0 Å². The van der Waals surface area contributed by atoms with Gasteiger partial charge in [0.1, 0.15) is 12.4 Å². The van der Waals surface area contributed by atoms with E-state index in [4.69, 9.17) is 0 Å². The third-order valence-electron chi connectivity index (χ3n) is 3.97. The summed E-state index contributed by atoms with van der Waals surface area (Å²) >= 11 is 0. The molecular weight excluding hydrogens is 471 g/mol. The predicted octanol–water partition coefficient (Wildman–Crippen LogP) is 4.72. The van der Waals surface area contributed by atoms with Crippen molar-refractivity contribution in [3.05, 3.63) is 18.7 Å². The normalized spacial score (nSPS) is 13.7. The summed E-state index contributed by atoms with van der Waals surface area (Å²) < 4.78 is 140. The number of aryl methyl sites for hydroxylation is 2. The third kappa shape index (κ3) is 7.26. The molecule has 0 unspecified atom stereocenters.